The molecule has 0 aliphatic rings. The predicted molar refractivity (Wildman–Crippen MR) is 84.6 cm³/mol. The molecule has 22 heavy (non-hydrogen) atoms. The lowest BCUT2D eigenvalue weighted by atomic mass is 10.2. The highest BCUT2D eigenvalue weighted by molar-refractivity contribution is 7.16. The number of methoxy groups -OCH3 is 1. The summed E-state index contributed by atoms with van der Waals surface area (Å²) >= 11 is 1.41. The standard InChI is InChI=1S/C15H12FN3O2S/c1-9-18-14-11(5-6-22-14)15(20)19(9)17-8-10-3-4-13(21-2)12(16)7-10/h3-8H,1-2H3/b17-8-. The molecule has 0 aliphatic carbocycles. The quantitative estimate of drug-likeness (QED) is 0.698. The maximum absolute atomic E-state index is 13.6. The molecule has 0 N–H and O–H groups in total. The first kappa shape index (κ1) is 14.4. The van der Waals surface area contributed by atoms with Gasteiger partial charge in [0.05, 0.1) is 18.7 Å². The number of nitrogens with zero attached hydrogens (tertiary/aromatic N) is 3. The molecule has 7 heteroatoms. The number of rotatable bonds is 3. The van der Waals surface area contributed by atoms with E-state index in [1.54, 1.807) is 19.1 Å². The summed E-state index contributed by atoms with van der Waals surface area (Å²) in [6, 6.07) is 6.17. The van der Waals surface area contributed by atoms with E-state index >= 15 is 0 Å². The fraction of sp³-hybridized carbons (Fsp3) is 0.133. The molecule has 0 saturated carbocycles. The highest BCUT2D eigenvalue weighted by Crippen LogP contribution is 2.17. The van der Waals surface area contributed by atoms with E-state index in [1.165, 1.54) is 41.5 Å². The number of benzene rings is 1. The molecule has 0 radical (unpaired) electrons. The first-order chi connectivity index (χ1) is 10.6. The van der Waals surface area contributed by atoms with Crippen molar-refractivity contribution in [1.29, 1.82) is 0 Å². The maximum atomic E-state index is 13.6. The Bertz CT molecular complexity index is 930. The molecule has 0 amide bonds. The largest absolute Gasteiger partial charge is 0.494 e. The van der Waals surface area contributed by atoms with Gasteiger partial charge in [0.15, 0.2) is 11.6 Å². The third-order valence-electron chi connectivity index (χ3n) is 3.14. The van der Waals surface area contributed by atoms with Gasteiger partial charge in [-0.3, -0.25) is 4.79 Å². The van der Waals surface area contributed by atoms with Crippen molar-refractivity contribution in [2.75, 3.05) is 7.11 Å². The van der Waals surface area contributed by atoms with Crippen LogP contribution in [0.4, 0.5) is 4.39 Å². The number of hydrogen-bond donors (Lipinski definition) is 0. The molecule has 0 fully saturated rings. The zero-order valence-electron chi connectivity index (χ0n) is 11.9. The molecule has 0 bridgehead atoms. The van der Waals surface area contributed by atoms with Gasteiger partial charge in [-0.2, -0.15) is 9.78 Å². The Morgan fingerprint density at radius 3 is 2.95 bits per heavy atom. The van der Waals surface area contributed by atoms with Gasteiger partial charge in [-0.25, -0.2) is 9.37 Å². The third kappa shape index (κ3) is 2.50. The van der Waals surface area contributed by atoms with Gasteiger partial charge in [0.25, 0.3) is 5.56 Å². The number of thiophene rings is 1. The predicted octanol–water partition coefficient (Wildman–Crippen LogP) is 2.80. The van der Waals surface area contributed by atoms with E-state index in [-0.39, 0.29) is 11.3 Å². The summed E-state index contributed by atoms with van der Waals surface area (Å²) in [5.41, 5.74) is 0.281. The SMILES string of the molecule is COc1ccc(/C=N\n2c(C)nc3sccc3c2=O)cc1F. The number of halogens is 1. The Labute approximate surface area is 129 Å². The van der Waals surface area contributed by atoms with E-state index in [0.29, 0.717) is 21.6 Å². The summed E-state index contributed by atoms with van der Waals surface area (Å²) in [6.07, 6.45) is 1.41. The van der Waals surface area contributed by atoms with Crippen LogP contribution in [0.2, 0.25) is 0 Å². The molecule has 5 nitrogen and oxygen atoms in total. The molecular formula is C15H12FN3O2S. The average Bonchev–Trinajstić information content (AvgIpc) is 2.95. The van der Waals surface area contributed by atoms with Crippen LogP contribution in [0.3, 0.4) is 0 Å². The lowest BCUT2D eigenvalue weighted by Gasteiger charge is -2.04. The van der Waals surface area contributed by atoms with Gasteiger partial charge in [-0.15, -0.1) is 11.3 Å². The molecule has 1 aromatic carbocycles. The van der Waals surface area contributed by atoms with Crippen molar-refractivity contribution >= 4 is 27.8 Å². The van der Waals surface area contributed by atoms with Gasteiger partial charge in [0.2, 0.25) is 0 Å². The second kappa shape index (κ2) is 5.69. The van der Waals surface area contributed by atoms with Gasteiger partial charge in [-0.1, -0.05) is 0 Å². The summed E-state index contributed by atoms with van der Waals surface area (Å²) in [5, 5.41) is 6.45. The number of hydrogen-bond acceptors (Lipinski definition) is 5. The van der Waals surface area contributed by atoms with Crippen LogP contribution < -0.4 is 10.3 Å². The molecule has 112 valence electrons. The maximum Gasteiger partial charge on any atom is 0.282 e. The lowest BCUT2D eigenvalue weighted by Crippen LogP contribution is -2.19. The minimum atomic E-state index is -0.484. The molecule has 0 atom stereocenters. The molecule has 3 rings (SSSR count). The molecule has 3 aromatic rings. The topological polar surface area (TPSA) is 56.5 Å². The van der Waals surface area contributed by atoms with E-state index in [1.807, 2.05) is 5.38 Å². The van der Waals surface area contributed by atoms with Crippen molar-refractivity contribution in [3.63, 3.8) is 0 Å². The van der Waals surface area contributed by atoms with E-state index < -0.39 is 5.82 Å². The molecule has 0 spiro atoms. The van der Waals surface area contributed by atoms with E-state index in [0.717, 1.165) is 0 Å². The fourth-order valence-corrected chi connectivity index (χ4v) is 2.83. The first-order valence-electron chi connectivity index (χ1n) is 6.45. The Morgan fingerprint density at radius 1 is 1.41 bits per heavy atom. The number of fused-ring (bicyclic) bond motifs is 1. The van der Waals surface area contributed by atoms with Gasteiger partial charge >= 0.3 is 0 Å². The second-order valence-electron chi connectivity index (χ2n) is 4.55. The minimum Gasteiger partial charge on any atom is -0.494 e. The van der Waals surface area contributed by atoms with Crippen molar-refractivity contribution in [3.8, 4) is 5.75 Å². The van der Waals surface area contributed by atoms with E-state index in [2.05, 4.69) is 10.1 Å². The van der Waals surface area contributed by atoms with Crippen LogP contribution in [0.25, 0.3) is 10.2 Å². The second-order valence-corrected chi connectivity index (χ2v) is 5.45. The van der Waals surface area contributed by atoms with Crippen molar-refractivity contribution in [3.05, 3.63) is 57.2 Å². The van der Waals surface area contributed by atoms with Crippen LogP contribution in [-0.2, 0) is 0 Å². The van der Waals surface area contributed by atoms with E-state index in [4.69, 9.17) is 4.74 Å². The highest BCUT2D eigenvalue weighted by Gasteiger charge is 2.08. The Balaban J connectivity index is 2.02. The summed E-state index contributed by atoms with van der Waals surface area (Å²) in [7, 11) is 1.40. The van der Waals surface area contributed by atoms with Gasteiger partial charge in [0, 0.05) is 0 Å². The summed E-state index contributed by atoms with van der Waals surface area (Å²) in [4.78, 5) is 17.3. The number of ether oxygens (including phenoxy) is 1. The normalized spacial score (nSPS) is 11.4. The smallest absolute Gasteiger partial charge is 0.282 e. The van der Waals surface area contributed by atoms with Crippen molar-refractivity contribution in [2.24, 2.45) is 5.10 Å². The fourth-order valence-electron chi connectivity index (χ4n) is 2.03. The highest BCUT2D eigenvalue weighted by atomic mass is 32.1. The first-order valence-corrected chi connectivity index (χ1v) is 7.33. The Kier molecular flexibility index (Phi) is 3.72. The monoisotopic (exact) mass is 317 g/mol. The van der Waals surface area contributed by atoms with Crippen LogP contribution in [0.1, 0.15) is 11.4 Å². The van der Waals surface area contributed by atoms with Crippen LogP contribution in [0, 0.1) is 12.7 Å². The molecular weight excluding hydrogens is 305 g/mol. The van der Waals surface area contributed by atoms with Crippen LogP contribution >= 0.6 is 11.3 Å². The summed E-state index contributed by atoms with van der Waals surface area (Å²) < 4.78 is 19.7. The van der Waals surface area contributed by atoms with Crippen molar-refractivity contribution < 1.29 is 9.13 Å². The summed E-state index contributed by atoms with van der Waals surface area (Å²) in [6.45, 7) is 1.70. The lowest BCUT2D eigenvalue weighted by molar-refractivity contribution is 0.386. The van der Waals surface area contributed by atoms with Crippen LogP contribution in [0.15, 0.2) is 39.5 Å². The zero-order valence-corrected chi connectivity index (χ0v) is 12.7. The average molecular weight is 317 g/mol. The molecule has 0 unspecified atom stereocenters. The number of aryl methyl sites for hydroxylation is 1. The van der Waals surface area contributed by atoms with Crippen molar-refractivity contribution in [1.82, 2.24) is 9.66 Å². The number of aromatic nitrogens is 2. The van der Waals surface area contributed by atoms with Crippen LogP contribution in [-0.4, -0.2) is 23.0 Å². The zero-order chi connectivity index (χ0) is 15.7. The molecule has 0 saturated heterocycles. The molecule has 0 aliphatic heterocycles. The minimum absolute atomic E-state index is 0.159. The molecule has 2 heterocycles. The third-order valence-corrected chi connectivity index (χ3v) is 3.94. The van der Waals surface area contributed by atoms with Gasteiger partial charge in [-0.05, 0) is 42.1 Å². The van der Waals surface area contributed by atoms with E-state index in [9.17, 15) is 9.18 Å². The Morgan fingerprint density at radius 2 is 2.23 bits per heavy atom. The Hall–Kier alpha value is -2.54. The van der Waals surface area contributed by atoms with Gasteiger partial charge in [0.1, 0.15) is 10.7 Å². The van der Waals surface area contributed by atoms with Gasteiger partial charge < -0.3 is 4.74 Å². The van der Waals surface area contributed by atoms with Crippen molar-refractivity contribution in [2.45, 2.75) is 6.92 Å². The van der Waals surface area contributed by atoms with Crippen LogP contribution in [0.5, 0.6) is 5.75 Å². The molecule has 2 aromatic heterocycles. The summed E-state index contributed by atoms with van der Waals surface area (Å²) in [5.74, 6) is 0.152.